The summed E-state index contributed by atoms with van der Waals surface area (Å²) in [6.07, 6.45) is 7.33. The Bertz CT molecular complexity index is 150. The summed E-state index contributed by atoms with van der Waals surface area (Å²) >= 11 is 22.8. The van der Waals surface area contributed by atoms with Gasteiger partial charge < -0.3 is 0 Å². The maximum absolute atomic E-state index is 5.69. The van der Waals surface area contributed by atoms with Crippen LogP contribution in [0.3, 0.4) is 0 Å². The molecule has 0 rings (SSSR count). The maximum atomic E-state index is 5.69. The molecule has 0 heterocycles. The monoisotopic (exact) mass is 366 g/mol. The van der Waals surface area contributed by atoms with Gasteiger partial charge in [-0.05, 0) is 12.8 Å². The summed E-state index contributed by atoms with van der Waals surface area (Å²) in [5.74, 6) is 0. The van der Waals surface area contributed by atoms with Gasteiger partial charge in [0.15, 0.2) is 0 Å². The highest BCUT2D eigenvalue weighted by Gasteiger charge is 1.99. The number of unbranched alkanes of at least 4 members (excludes halogenated alkanes) is 1. The van der Waals surface area contributed by atoms with E-state index in [0.29, 0.717) is 0 Å². The molecule has 0 N–H and O–H groups in total. The number of hydrogen-bond donors (Lipinski definition) is 0. The third kappa shape index (κ3) is 17.6. The molecule has 0 aliphatic rings. The zero-order valence-electron chi connectivity index (χ0n) is 11.2. The van der Waals surface area contributed by atoms with E-state index in [4.69, 9.17) is 46.4 Å². The minimum Gasteiger partial charge on any atom is -0.105 e. The molecule has 0 aliphatic carbocycles. The predicted octanol–water partition coefficient (Wildman–Crippen LogP) is 4.95. The van der Waals surface area contributed by atoms with Crippen molar-refractivity contribution in [2.75, 3.05) is 0 Å². The lowest BCUT2D eigenvalue weighted by Gasteiger charge is -2.03. The molecule has 18 heavy (non-hydrogen) atoms. The fourth-order valence-electron chi connectivity index (χ4n) is 2.01. The smallest absolute Gasteiger partial charge is 0.105 e. The lowest BCUT2D eigenvalue weighted by atomic mass is 10.4. The zero-order valence-corrected chi connectivity index (χ0v) is 17.0. The average Bonchev–Trinajstić information content (AvgIpc) is 2.29. The van der Waals surface area contributed by atoms with Crippen LogP contribution in [0.4, 0.5) is 0 Å². The van der Waals surface area contributed by atoms with Crippen LogP contribution in [0.2, 0.25) is 24.2 Å². The molecule has 0 aromatic heterocycles. The van der Waals surface area contributed by atoms with E-state index in [1.54, 1.807) is 0 Å². The summed E-state index contributed by atoms with van der Waals surface area (Å²) in [6, 6.07) is 5.85. The van der Waals surface area contributed by atoms with Crippen molar-refractivity contribution in [3.8, 4) is 0 Å². The summed E-state index contributed by atoms with van der Waals surface area (Å²) < 4.78 is 0. The van der Waals surface area contributed by atoms with Crippen molar-refractivity contribution in [2.45, 2.75) is 72.4 Å². The van der Waals surface area contributed by atoms with Crippen LogP contribution in [0.5, 0.6) is 0 Å². The third-order valence-corrected chi connectivity index (χ3v) is 7.97. The highest BCUT2D eigenvalue weighted by atomic mass is 35.5. The van der Waals surface area contributed by atoms with Crippen molar-refractivity contribution in [1.29, 1.82) is 0 Å². The van der Waals surface area contributed by atoms with Crippen LogP contribution >= 0.6 is 46.4 Å². The molecule has 0 saturated heterocycles. The molecule has 0 nitrogen and oxygen atoms in total. The molecule has 0 aliphatic heterocycles. The Balaban J connectivity index is 2.95. The number of halogens is 4. The molecule has 0 fully saturated rings. The van der Waals surface area contributed by atoms with Crippen LogP contribution in [-0.4, -0.2) is 28.7 Å². The molecule has 0 aromatic carbocycles. The molecule has 0 atom stereocenters. The van der Waals surface area contributed by atoms with Crippen LogP contribution < -0.4 is 0 Å². The Labute approximate surface area is 137 Å². The van der Waals surface area contributed by atoms with Crippen molar-refractivity contribution in [1.82, 2.24) is 0 Å². The van der Waals surface area contributed by atoms with Gasteiger partial charge in [0.05, 0.1) is 0 Å². The van der Waals surface area contributed by atoms with Gasteiger partial charge in [-0.3, -0.25) is 0 Å². The molecule has 6 heteroatoms. The van der Waals surface area contributed by atoms with Crippen molar-refractivity contribution in [3.05, 3.63) is 0 Å². The van der Waals surface area contributed by atoms with Crippen LogP contribution in [0.25, 0.3) is 0 Å². The Morgan fingerprint density at radius 2 is 0.889 bits per heavy atom. The van der Waals surface area contributed by atoms with Crippen molar-refractivity contribution < 1.29 is 0 Å². The second-order valence-corrected chi connectivity index (χ2v) is 11.7. The first-order chi connectivity index (χ1) is 8.63. The Kier molecular flexibility index (Phi) is 16.3. The topological polar surface area (TPSA) is 0 Å². The second kappa shape index (κ2) is 15.0. The van der Waals surface area contributed by atoms with E-state index in [1.807, 2.05) is 0 Å². The van der Waals surface area contributed by atoms with Crippen molar-refractivity contribution in [3.63, 3.8) is 0 Å². The van der Waals surface area contributed by atoms with Crippen LogP contribution in [0.1, 0.15) is 38.5 Å². The largest absolute Gasteiger partial charge is 0.107 e. The fraction of sp³-hybridized carbons (Fsp3) is 1.00. The van der Waals surface area contributed by atoms with Crippen molar-refractivity contribution in [2.24, 2.45) is 0 Å². The van der Waals surface area contributed by atoms with Gasteiger partial charge >= 0.3 is 0 Å². The molecule has 110 valence electrons. The number of alkyl halides is 4. The highest BCUT2D eigenvalue weighted by Crippen LogP contribution is 2.13. The number of hydrogen-bond acceptors (Lipinski definition) is 0. The first kappa shape index (κ1) is 19.6. The second-order valence-electron chi connectivity index (χ2n) is 4.90. The first-order valence-electron chi connectivity index (χ1n) is 7.19. The summed E-state index contributed by atoms with van der Waals surface area (Å²) in [7, 11) is 0.354. The summed E-state index contributed by atoms with van der Waals surface area (Å²) in [5, 5.41) is 0. The van der Waals surface area contributed by atoms with E-state index in [1.165, 1.54) is 49.9 Å². The summed E-state index contributed by atoms with van der Waals surface area (Å²) in [4.78, 5) is -0.295. The van der Waals surface area contributed by atoms with Crippen LogP contribution in [-0.2, 0) is 0 Å². The molecule has 0 unspecified atom stereocenters. The van der Waals surface area contributed by atoms with Gasteiger partial charge in [0, 0.05) is 19.0 Å². The Morgan fingerprint density at radius 3 is 1.22 bits per heavy atom. The molecule has 0 saturated carbocycles. The van der Waals surface area contributed by atoms with E-state index in [2.05, 4.69) is 0 Å². The predicted molar refractivity (Wildman–Crippen MR) is 95.0 cm³/mol. The zero-order chi connectivity index (χ0) is 13.6. The van der Waals surface area contributed by atoms with Gasteiger partial charge in [-0.2, -0.15) is 0 Å². The summed E-state index contributed by atoms with van der Waals surface area (Å²) in [5.41, 5.74) is 0. The van der Waals surface area contributed by atoms with E-state index in [9.17, 15) is 0 Å². The van der Waals surface area contributed by atoms with Gasteiger partial charge in [-0.1, -0.05) is 49.9 Å². The molecular formula is C12H26Cl4Si2. The van der Waals surface area contributed by atoms with Gasteiger partial charge in [0.25, 0.3) is 0 Å². The molecular weight excluding hydrogens is 342 g/mol. The maximum Gasteiger partial charge on any atom is 0.107 e. The molecule has 0 radical (unpaired) electrons. The standard InChI is InChI=1S/C12H26Cl4Si2/c13-11(14)5-3-9-17-7-1-2-8-18-10-4-6-12(15)16/h11-12H,1-10,17-18H2. The Morgan fingerprint density at radius 1 is 0.556 bits per heavy atom. The van der Waals surface area contributed by atoms with Crippen LogP contribution in [0, 0.1) is 0 Å². The van der Waals surface area contributed by atoms with Gasteiger partial charge in [0.1, 0.15) is 9.67 Å². The molecule has 0 spiro atoms. The lowest BCUT2D eigenvalue weighted by Crippen LogP contribution is -1.95. The normalized spacial score (nSPS) is 13.0. The van der Waals surface area contributed by atoms with E-state index < -0.39 is 0 Å². The van der Waals surface area contributed by atoms with Gasteiger partial charge in [0.2, 0.25) is 0 Å². The van der Waals surface area contributed by atoms with Crippen molar-refractivity contribution >= 4 is 65.4 Å². The average molecular weight is 368 g/mol. The van der Waals surface area contributed by atoms with E-state index in [0.717, 1.165) is 12.8 Å². The molecule has 0 aromatic rings. The van der Waals surface area contributed by atoms with Gasteiger partial charge in [-0.15, -0.1) is 46.4 Å². The van der Waals surface area contributed by atoms with Crippen LogP contribution in [0.15, 0.2) is 0 Å². The highest BCUT2D eigenvalue weighted by molar-refractivity contribution is 6.44. The lowest BCUT2D eigenvalue weighted by molar-refractivity contribution is 0.826. The molecule has 0 amide bonds. The SMILES string of the molecule is ClC(Cl)CCC[SiH2]CCCC[SiH2]CCCC(Cl)Cl. The Hall–Kier alpha value is 1.59. The molecule has 0 bridgehead atoms. The van der Waals surface area contributed by atoms with E-state index >= 15 is 0 Å². The minimum atomic E-state index is -0.148. The first-order valence-corrected chi connectivity index (χ1v) is 12.9. The number of rotatable bonds is 13. The van der Waals surface area contributed by atoms with Gasteiger partial charge in [-0.25, -0.2) is 0 Å². The minimum absolute atomic E-state index is 0.148. The summed E-state index contributed by atoms with van der Waals surface area (Å²) in [6.45, 7) is 0. The third-order valence-electron chi connectivity index (χ3n) is 3.09. The quantitative estimate of drug-likeness (QED) is 0.245. The fourth-order valence-corrected chi connectivity index (χ4v) is 6.03. The van der Waals surface area contributed by atoms with E-state index in [-0.39, 0.29) is 28.7 Å².